The Morgan fingerprint density at radius 2 is 2.50 bits per heavy atom. The third-order valence-electron chi connectivity index (χ3n) is 2.62. The van der Waals surface area contributed by atoms with Crippen molar-refractivity contribution in [3.8, 4) is 0 Å². The van der Waals surface area contributed by atoms with Gasteiger partial charge in [0.1, 0.15) is 5.82 Å². The fourth-order valence-electron chi connectivity index (χ4n) is 1.79. The highest BCUT2D eigenvalue weighted by Crippen LogP contribution is 2.17. The van der Waals surface area contributed by atoms with Crippen LogP contribution < -0.4 is 10.9 Å². The van der Waals surface area contributed by atoms with Crippen LogP contribution in [0.15, 0.2) is 10.9 Å². The van der Waals surface area contributed by atoms with Crippen LogP contribution in [0, 0.1) is 0 Å². The fourth-order valence-corrected chi connectivity index (χ4v) is 1.79. The molecule has 1 fully saturated rings. The number of hydrogen-bond acceptors (Lipinski definition) is 3. The maximum Gasteiger partial charge on any atom is 0.251 e. The minimum absolute atomic E-state index is 0.0289. The van der Waals surface area contributed by atoms with E-state index in [0.29, 0.717) is 5.92 Å². The molecule has 0 spiro atoms. The van der Waals surface area contributed by atoms with Gasteiger partial charge in [-0.25, -0.2) is 4.98 Å². The Balaban J connectivity index is 2.32. The molecule has 76 valence electrons. The van der Waals surface area contributed by atoms with Crippen LogP contribution in [0.1, 0.15) is 30.8 Å². The first-order chi connectivity index (χ1) is 6.79. The number of rotatable bonds is 2. The van der Waals surface area contributed by atoms with Crippen molar-refractivity contribution in [2.45, 2.75) is 25.7 Å². The lowest BCUT2D eigenvalue weighted by molar-refractivity contribution is 0.688. The minimum Gasteiger partial charge on any atom is -0.316 e. The maximum absolute atomic E-state index is 11.3. The summed E-state index contributed by atoms with van der Waals surface area (Å²) in [5.41, 5.74) is 0.856. The van der Waals surface area contributed by atoms with Crippen LogP contribution in [0.5, 0.6) is 0 Å². The monoisotopic (exact) mass is 193 g/mol. The van der Waals surface area contributed by atoms with Crippen LogP contribution in [0.4, 0.5) is 0 Å². The zero-order chi connectivity index (χ0) is 9.97. The molecule has 0 bridgehead atoms. The standard InChI is InChI=1S/C10H15N3O/c1-2-8-5-9(14)13-10(12-8)7-3-4-11-6-7/h5,7,11H,2-4,6H2,1H3,(H,12,13,14). The summed E-state index contributed by atoms with van der Waals surface area (Å²) in [6.07, 6.45) is 1.88. The highest BCUT2D eigenvalue weighted by Gasteiger charge is 2.18. The Hall–Kier alpha value is -1.16. The number of aryl methyl sites for hydroxylation is 1. The van der Waals surface area contributed by atoms with Crippen molar-refractivity contribution in [2.24, 2.45) is 0 Å². The molecule has 1 aliphatic heterocycles. The SMILES string of the molecule is CCc1cc(=O)[nH]c(C2CCNC2)n1. The van der Waals surface area contributed by atoms with Crippen LogP contribution >= 0.6 is 0 Å². The van der Waals surface area contributed by atoms with Crippen molar-refractivity contribution in [3.63, 3.8) is 0 Å². The molecule has 14 heavy (non-hydrogen) atoms. The van der Waals surface area contributed by atoms with E-state index in [9.17, 15) is 4.79 Å². The second kappa shape index (κ2) is 3.92. The van der Waals surface area contributed by atoms with Gasteiger partial charge < -0.3 is 10.3 Å². The fraction of sp³-hybridized carbons (Fsp3) is 0.600. The van der Waals surface area contributed by atoms with Gasteiger partial charge in [-0.2, -0.15) is 0 Å². The normalized spacial score (nSPS) is 21.4. The van der Waals surface area contributed by atoms with E-state index in [-0.39, 0.29) is 5.56 Å². The Morgan fingerprint density at radius 1 is 1.64 bits per heavy atom. The largest absolute Gasteiger partial charge is 0.316 e. The third-order valence-corrected chi connectivity index (χ3v) is 2.62. The Labute approximate surface area is 82.8 Å². The summed E-state index contributed by atoms with van der Waals surface area (Å²) in [7, 11) is 0. The first-order valence-corrected chi connectivity index (χ1v) is 5.10. The summed E-state index contributed by atoms with van der Waals surface area (Å²) < 4.78 is 0. The van der Waals surface area contributed by atoms with Crippen LogP contribution in [-0.2, 0) is 6.42 Å². The molecule has 0 radical (unpaired) electrons. The number of aromatic amines is 1. The van der Waals surface area contributed by atoms with Gasteiger partial charge in [0.05, 0.1) is 0 Å². The van der Waals surface area contributed by atoms with Gasteiger partial charge in [-0.15, -0.1) is 0 Å². The molecule has 1 aliphatic rings. The smallest absolute Gasteiger partial charge is 0.251 e. The highest BCUT2D eigenvalue weighted by atomic mass is 16.1. The Bertz CT molecular complexity index is 366. The van der Waals surface area contributed by atoms with E-state index >= 15 is 0 Å². The molecule has 4 heteroatoms. The van der Waals surface area contributed by atoms with Crippen molar-refractivity contribution in [3.05, 3.63) is 27.9 Å². The Morgan fingerprint density at radius 3 is 3.14 bits per heavy atom. The van der Waals surface area contributed by atoms with E-state index in [4.69, 9.17) is 0 Å². The number of H-pyrrole nitrogens is 1. The summed E-state index contributed by atoms with van der Waals surface area (Å²) in [5.74, 6) is 1.23. The van der Waals surface area contributed by atoms with Gasteiger partial charge in [0, 0.05) is 24.2 Å². The van der Waals surface area contributed by atoms with Gasteiger partial charge in [0.15, 0.2) is 0 Å². The molecule has 4 nitrogen and oxygen atoms in total. The quantitative estimate of drug-likeness (QED) is 0.715. The van der Waals surface area contributed by atoms with Crippen molar-refractivity contribution in [1.29, 1.82) is 0 Å². The second-order valence-electron chi connectivity index (χ2n) is 3.67. The molecule has 1 aromatic heterocycles. The zero-order valence-electron chi connectivity index (χ0n) is 8.34. The average molecular weight is 193 g/mol. The topological polar surface area (TPSA) is 57.8 Å². The number of nitrogens with one attached hydrogen (secondary N) is 2. The van der Waals surface area contributed by atoms with Gasteiger partial charge in [0.2, 0.25) is 0 Å². The molecule has 2 N–H and O–H groups in total. The highest BCUT2D eigenvalue weighted by molar-refractivity contribution is 5.07. The molecule has 1 atom stereocenters. The molecule has 0 amide bonds. The van der Waals surface area contributed by atoms with E-state index in [0.717, 1.165) is 37.4 Å². The number of nitrogens with zero attached hydrogens (tertiary/aromatic N) is 1. The van der Waals surface area contributed by atoms with Crippen LogP contribution in [0.2, 0.25) is 0 Å². The average Bonchev–Trinajstić information content (AvgIpc) is 2.69. The van der Waals surface area contributed by atoms with Gasteiger partial charge in [-0.05, 0) is 19.4 Å². The van der Waals surface area contributed by atoms with E-state index in [2.05, 4.69) is 15.3 Å². The van der Waals surface area contributed by atoms with E-state index in [1.165, 1.54) is 0 Å². The van der Waals surface area contributed by atoms with Crippen molar-refractivity contribution in [1.82, 2.24) is 15.3 Å². The first kappa shape index (κ1) is 9.40. The van der Waals surface area contributed by atoms with E-state index < -0.39 is 0 Å². The summed E-state index contributed by atoms with van der Waals surface area (Å²) in [6.45, 7) is 3.96. The van der Waals surface area contributed by atoms with Gasteiger partial charge in [-0.1, -0.05) is 6.92 Å². The molecule has 0 aromatic carbocycles. The predicted octanol–water partition coefficient (Wildman–Crippen LogP) is 0.409. The molecule has 1 unspecified atom stereocenters. The third kappa shape index (κ3) is 1.85. The molecular weight excluding hydrogens is 178 g/mol. The van der Waals surface area contributed by atoms with Crippen LogP contribution in [-0.4, -0.2) is 23.1 Å². The molecule has 1 aromatic rings. The molecule has 0 saturated carbocycles. The van der Waals surface area contributed by atoms with Crippen molar-refractivity contribution in [2.75, 3.05) is 13.1 Å². The predicted molar refractivity (Wildman–Crippen MR) is 54.5 cm³/mol. The second-order valence-corrected chi connectivity index (χ2v) is 3.67. The van der Waals surface area contributed by atoms with Crippen molar-refractivity contribution >= 4 is 0 Å². The molecule has 2 rings (SSSR count). The van der Waals surface area contributed by atoms with Gasteiger partial charge in [-0.3, -0.25) is 4.79 Å². The van der Waals surface area contributed by atoms with Gasteiger partial charge >= 0.3 is 0 Å². The molecular formula is C10H15N3O. The molecule has 1 saturated heterocycles. The summed E-state index contributed by atoms with van der Waals surface area (Å²) in [5, 5.41) is 3.27. The summed E-state index contributed by atoms with van der Waals surface area (Å²) in [6, 6.07) is 1.58. The van der Waals surface area contributed by atoms with E-state index in [1.54, 1.807) is 6.07 Å². The lowest BCUT2D eigenvalue weighted by Gasteiger charge is -2.07. The lowest BCUT2D eigenvalue weighted by Crippen LogP contribution is -2.17. The first-order valence-electron chi connectivity index (χ1n) is 5.10. The lowest BCUT2D eigenvalue weighted by atomic mass is 10.1. The van der Waals surface area contributed by atoms with Crippen LogP contribution in [0.3, 0.4) is 0 Å². The number of aromatic nitrogens is 2. The molecule has 2 heterocycles. The maximum atomic E-state index is 11.3. The van der Waals surface area contributed by atoms with Crippen molar-refractivity contribution < 1.29 is 0 Å². The van der Waals surface area contributed by atoms with Crippen LogP contribution in [0.25, 0.3) is 0 Å². The van der Waals surface area contributed by atoms with Gasteiger partial charge in [0.25, 0.3) is 5.56 Å². The zero-order valence-corrected chi connectivity index (χ0v) is 8.34. The Kier molecular flexibility index (Phi) is 2.63. The van der Waals surface area contributed by atoms with E-state index in [1.807, 2.05) is 6.92 Å². The molecule has 0 aliphatic carbocycles. The number of hydrogen-bond donors (Lipinski definition) is 2. The summed E-state index contributed by atoms with van der Waals surface area (Å²) in [4.78, 5) is 18.6. The minimum atomic E-state index is -0.0289. The summed E-state index contributed by atoms with van der Waals surface area (Å²) >= 11 is 0.